The van der Waals surface area contributed by atoms with E-state index in [1.165, 1.54) is 0 Å². The van der Waals surface area contributed by atoms with Crippen molar-refractivity contribution in [3.8, 4) is 11.5 Å². The lowest BCUT2D eigenvalue weighted by Crippen LogP contribution is -2.54. The summed E-state index contributed by atoms with van der Waals surface area (Å²) in [6.45, 7) is 6.33. The van der Waals surface area contributed by atoms with E-state index in [0.29, 0.717) is 55.6 Å². The fraction of sp³-hybridized carbons (Fsp3) is 0.556. The van der Waals surface area contributed by atoms with Crippen molar-refractivity contribution < 1.29 is 19.1 Å². The highest BCUT2D eigenvalue weighted by Crippen LogP contribution is 2.32. The van der Waals surface area contributed by atoms with E-state index in [1.807, 2.05) is 0 Å². The normalized spacial score (nSPS) is 17.1. The number of halogens is 1. The van der Waals surface area contributed by atoms with Crippen LogP contribution in [0.25, 0.3) is 0 Å². The summed E-state index contributed by atoms with van der Waals surface area (Å²) in [5, 5.41) is 0. The Balaban J connectivity index is 0.00000243. The Morgan fingerprint density at radius 3 is 2.35 bits per heavy atom. The summed E-state index contributed by atoms with van der Waals surface area (Å²) in [4.78, 5) is 28.6. The number of ether oxygens (including phenoxy) is 2. The molecule has 2 aliphatic rings. The first-order valence-corrected chi connectivity index (χ1v) is 8.69. The van der Waals surface area contributed by atoms with Gasteiger partial charge in [0, 0.05) is 31.7 Å². The topological polar surface area (TPSA) is 85.1 Å². The minimum atomic E-state index is -0.462. The van der Waals surface area contributed by atoms with Crippen molar-refractivity contribution in [1.29, 1.82) is 0 Å². The Labute approximate surface area is 159 Å². The summed E-state index contributed by atoms with van der Waals surface area (Å²) in [6, 6.07) is 4.74. The highest BCUT2D eigenvalue weighted by molar-refractivity contribution is 5.95. The van der Waals surface area contributed by atoms with Gasteiger partial charge in [0.15, 0.2) is 11.5 Å². The van der Waals surface area contributed by atoms with Crippen molar-refractivity contribution in [1.82, 2.24) is 9.80 Å². The number of carbonyl (C=O) groups excluding carboxylic acids is 2. The van der Waals surface area contributed by atoms with Crippen LogP contribution in [-0.4, -0.2) is 60.6 Å². The molecule has 8 heteroatoms. The molecule has 1 saturated heterocycles. The van der Waals surface area contributed by atoms with Crippen molar-refractivity contribution in [3.63, 3.8) is 0 Å². The van der Waals surface area contributed by atoms with Crippen LogP contribution >= 0.6 is 12.4 Å². The minimum absolute atomic E-state index is 0. The Bertz CT molecular complexity index is 660. The minimum Gasteiger partial charge on any atom is -0.454 e. The number of fused-ring (bicyclic) bond motifs is 1. The third-order valence-corrected chi connectivity index (χ3v) is 4.54. The molecule has 1 atom stereocenters. The third kappa shape index (κ3) is 4.40. The van der Waals surface area contributed by atoms with Crippen molar-refractivity contribution in [2.75, 3.05) is 33.0 Å². The van der Waals surface area contributed by atoms with Crippen LogP contribution in [0, 0.1) is 5.92 Å². The van der Waals surface area contributed by atoms with Crippen molar-refractivity contribution in [3.05, 3.63) is 23.8 Å². The second-order valence-corrected chi connectivity index (χ2v) is 6.92. The maximum atomic E-state index is 12.7. The lowest BCUT2D eigenvalue weighted by molar-refractivity contribution is -0.134. The quantitative estimate of drug-likeness (QED) is 0.851. The molecule has 2 aliphatic heterocycles. The summed E-state index contributed by atoms with van der Waals surface area (Å²) < 4.78 is 10.6. The molecule has 7 nitrogen and oxygen atoms in total. The molecule has 2 N–H and O–H groups in total. The largest absolute Gasteiger partial charge is 0.454 e. The standard InChI is InChI=1S/C18H25N3O4.ClH/c1-12(2)9-14(19)18(23)21-7-5-20(6-8-21)17(22)13-3-4-15-16(10-13)25-11-24-15;/h3-4,10,12,14H,5-9,11,19H2,1-2H3;1H/t14-;/m0./s1. The van der Waals surface area contributed by atoms with Crippen LogP contribution in [-0.2, 0) is 4.79 Å². The maximum Gasteiger partial charge on any atom is 0.254 e. The van der Waals surface area contributed by atoms with Gasteiger partial charge >= 0.3 is 0 Å². The molecular weight excluding hydrogens is 358 g/mol. The monoisotopic (exact) mass is 383 g/mol. The fourth-order valence-corrected chi connectivity index (χ4v) is 3.19. The van der Waals surface area contributed by atoms with Crippen molar-refractivity contribution in [2.24, 2.45) is 11.7 Å². The molecule has 1 fully saturated rings. The highest BCUT2D eigenvalue weighted by Gasteiger charge is 2.28. The molecule has 1 aromatic rings. The zero-order valence-corrected chi connectivity index (χ0v) is 16.0. The van der Waals surface area contributed by atoms with Gasteiger partial charge in [0.05, 0.1) is 6.04 Å². The smallest absolute Gasteiger partial charge is 0.254 e. The first-order chi connectivity index (χ1) is 12.0. The molecule has 3 rings (SSSR count). The average Bonchev–Trinajstić information content (AvgIpc) is 3.07. The Kier molecular flexibility index (Phi) is 6.72. The summed E-state index contributed by atoms with van der Waals surface area (Å²) in [6.07, 6.45) is 0.676. The van der Waals surface area contributed by atoms with E-state index in [4.69, 9.17) is 15.2 Å². The van der Waals surface area contributed by atoms with Gasteiger partial charge in [-0.2, -0.15) is 0 Å². The average molecular weight is 384 g/mol. The van der Waals surface area contributed by atoms with Gasteiger partial charge in [0.25, 0.3) is 5.91 Å². The number of nitrogens with two attached hydrogens (primary N) is 1. The molecule has 2 heterocycles. The molecule has 0 bridgehead atoms. The number of hydrogen-bond acceptors (Lipinski definition) is 5. The van der Waals surface area contributed by atoms with Crippen molar-refractivity contribution in [2.45, 2.75) is 26.3 Å². The molecule has 0 aliphatic carbocycles. The number of nitrogens with zero attached hydrogens (tertiary/aromatic N) is 2. The summed E-state index contributed by atoms with van der Waals surface area (Å²) >= 11 is 0. The zero-order valence-electron chi connectivity index (χ0n) is 15.1. The van der Waals surface area contributed by atoms with E-state index in [2.05, 4.69) is 13.8 Å². The molecule has 0 spiro atoms. The van der Waals surface area contributed by atoms with Gasteiger partial charge < -0.3 is 25.0 Å². The van der Waals surface area contributed by atoms with E-state index in [-0.39, 0.29) is 31.0 Å². The molecule has 26 heavy (non-hydrogen) atoms. The zero-order chi connectivity index (χ0) is 18.0. The second kappa shape index (κ2) is 8.60. The summed E-state index contributed by atoms with van der Waals surface area (Å²) in [5.74, 6) is 1.55. The molecular formula is C18H26ClN3O4. The molecule has 144 valence electrons. The molecule has 0 unspecified atom stereocenters. The van der Waals surface area contributed by atoms with Gasteiger partial charge in [-0.05, 0) is 30.5 Å². The number of hydrogen-bond donors (Lipinski definition) is 1. The predicted octanol–water partition coefficient (Wildman–Crippen LogP) is 1.49. The van der Waals surface area contributed by atoms with Gasteiger partial charge in [0.1, 0.15) is 0 Å². The van der Waals surface area contributed by atoms with Gasteiger partial charge in [-0.15, -0.1) is 12.4 Å². The fourth-order valence-electron chi connectivity index (χ4n) is 3.19. The van der Waals surface area contributed by atoms with Crippen LogP contribution < -0.4 is 15.2 Å². The van der Waals surface area contributed by atoms with Gasteiger partial charge in [-0.1, -0.05) is 13.8 Å². The molecule has 0 radical (unpaired) electrons. The third-order valence-electron chi connectivity index (χ3n) is 4.54. The Morgan fingerprint density at radius 2 is 1.69 bits per heavy atom. The first kappa shape index (κ1) is 20.3. The van der Waals surface area contributed by atoms with Crippen LogP contribution in [0.15, 0.2) is 18.2 Å². The maximum absolute atomic E-state index is 12.7. The number of carbonyl (C=O) groups is 2. The van der Waals surface area contributed by atoms with Crippen LogP contribution in [0.5, 0.6) is 11.5 Å². The highest BCUT2D eigenvalue weighted by atomic mass is 35.5. The number of rotatable bonds is 4. The first-order valence-electron chi connectivity index (χ1n) is 8.69. The SMILES string of the molecule is CC(C)C[C@H](N)C(=O)N1CCN(C(=O)c2ccc3c(c2)OCO3)CC1.Cl. The van der Waals surface area contributed by atoms with E-state index in [1.54, 1.807) is 28.0 Å². The van der Waals surface area contributed by atoms with Gasteiger partial charge in [0.2, 0.25) is 12.7 Å². The second-order valence-electron chi connectivity index (χ2n) is 6.92. The molecule has 0 saturated carbocycles. The molecule has 2 amide bonds. The van der Waals surface area contributed by atoms with E-state index in [0.717, 1.165) is 0 Å². The Morgan fingerprint density at radius 1 is 1.08 bits per heavy atom. The molecule has 0 aromatic heterocycles. The van der Waals surface area contributed by atoms with E-state index in [9.17, 15) is 9.59 Å². The van der Waals surface area contributed by atoms with Crippen LogP contribution in [0.2, 0.25) is 0 Å². The van der Waals surface area contributed by atoms with E-state index >= 15 is 0 Å². The van der Waals surface area contributed by atoms with Crippen molar-refractivity contribution >= 4 is 24.2 Å². The van der Waals surface area contributed by atoms with Crippen LogP contribution in [0.1, 0.15) is 30.6 Å². The number of piperazine rings is 1. The van der Waals surface area contributed by atoms with Gasteiger partial charge in [-0.3, -0.25) is 9.59 Å². The molecule has 1 aromatic carbocycles. The lowest BCUT2D eigenvalue weighted by atomic mass is 10.0. The predicted molar refractivity (Wildman–Crippen MR) is 99.7 cm³/mol. The van der Waals surface area contributed by atoms with Crippen LogP contribution in [0.4, 0.5) is 0 Å². The van der Waals surface area contributed by atoms with E-state index < -0.39 is 6.04 Å². The van der Waals surface area contributed by atoms with Crippen LogP contribution in [0.3, 0.4) is 0 Å². The number of benzene rings is 1. The number of amides is 2. The van der Waals surface area contributed by atoms with Gasteiger partial charge in [-0.25, -0.2) is 0 Å². The summed E-state index contributed by atoms with van der Waals surface area (Å²) in [7, 11) is 0. The Hall–Kier alpha value is -1.99. The summed E-state index contributed by atoms with van der Waals surface area (Å²) in [5.41, 5.74) is 6.56. The lowest BCUT2D eigenvalue weighted by Gasteiger charge is -2.36.